The Morgan fingerprint density at radius 1 is 1.44 bits per heavy atom. The molecule has 2 aliphatic rings. The normalized spacial score (nSPS) is 39.0. The van der Waals surface area contributed by atoms with E-state index in [0.29, 0.717) is 11.5 Å². The van der Waals surface area contributed by atoms with Gasteiger partial charge in [-0.1, -0.05) is 0 Å². The van der Waals surface area contributed by atoms with E-state index < -0.39 is 0 Å². The second-order valence-corrected chi connectivity index (χ2v) is 4.42. The molecule has 1 spiro atoms. The van der Waals surface area contributed by atoms with E-state index in [1.165, 1.54) is 30.8 Å². The van der Waals surface area contributed by atoms with Gasteiger partial charge in [0.15, 0.2) is 0 Å². The van der Waals surface area contributed by atoms with Crippen molar-refractivity contribution in [3.63, 3.8) is 0 Å². The van der Waals surface area contributed by atoms with Gasteiger partial charge in [-0.15, -0.1) is 0 Å². The Balaban J connectivity index is 2.03. The van der Waals surface area contributed by atoms with Crippen LogP contribution in [-0.4, -0.2) is 17.5 Å². The number of hydrogen-bond donors (Lipinski definition) is 1. The number of thioether (sulfide) groups is 1. The Morgan fingerprint density at radius 2 is 2.22 bits per heavy atom. The maximum absolute atomic E-state index is 5.96. The van der Waals surface area contributed by atoms with E-state index in [2.05, 4.69) is 11.8 Å². The van der Waals surface area contributed by atoms with Crippen molar-refractivity contribution in [2.24, 2.45) is 11.1 Å². The van der Waals surface area contributed by atoms with Crippen molar-refractivity contribution in [2.75, 3.05) is 11.5 Å². The summed E-state index contributed by atoms with van der Waals surface area (Å²) in [5, 5.41) is 0. The highest BCUT2D eigenvalue weighted by atomic mass is 32.2. The van der Waals surface area contributed by atoms with Gasteiger partial charge in [0.1, 0.15) is 0 Å². The highest BCUT2D eigenvalue weighted by Crippen LogP contribution is 2.53. The summed E-state index contributed by atoms with van der Waals surface area (Å²) in [5.41, 5.74) is 6.59. The predicted molar refractivity (Wildman–Crippen MR) is 41.6 cm³/mol. The van der Waals surface area contributed by atoms with Crippen LogP contribution in [0.1, 0.15) is 19.3 Å². The fourth-order valence-corrected chi connectivity index (χ4v) is 3.05. The van der Waals surface area contributed by atoms with E-state index in [0.717, 1.165) is 0 Å². The van der Waals surface area contributed by atoms with Crippen molar-refractivity contribution in [1.29, 1.82) is 0 Å². The van der Waals surface area contributed by atoms with Gasteiger partial charge >= 0.3 is 0 Å². The number of nitrogens with two attached hydrogens (primary N) is 1. The fourth-order valence-electron chi connectivity index (χ4n) is 1.57. The minimum absolute atomic E-state index is 0.541. The van der Waals surface area contributed by atoms with Gasteiger partial charge in [0, 0.05) is 11.8 Å². The van der Waals surface area contributed by atoms with Crippen LogP contribution in [0.15, 0.2) is 0 Å². The lowest BCUT2D eigenvalue weighted by Crippen LogP contribution is -2.36. The molecule has 2 fully saturated rings. The molecule has 52 valence electrons. The summed E-state index contributed by atoms with van der Waals surface area (Å²) in [4.78, 5) is 0. The molecular formula is C7H13NS. The molecule has 0 aromatic heterocycles. The quantitative estimate of drug-likeness (QED) is 0.552. The van der Waals surface area contributed by atoms with Crippen molar-refractivity contribution in [1.82, 2.24) is 0 Å². The minimum atomic E-state index is 0.541. The summed E-state index contributed by atoms with van der Waals surface area (Å²) < 4.78 is 0. The third-order valence-electron chi connectivity index (χ3n) is 2.64. The van der Waals surface area contributed by atoms with E-state index in [-0.39, 0.29) is 0 Å². The molecule has 0 aromatic carbocycles. The molecule has 2 rings (SSSR count). The number of rotatable bonds is 0. The molecule has 1 saturated carbocycles. The van der Waals surface area contributed by atoms with E-state index >= 15 is 0 Å². The zero-order chi connectivity index (χ0) is 6.32. The highest BCUT2D eigenvalue weighted by molar-refractivity contribution is 7.99. The van der Waals surface area contributed by atoms with Crippen molar-refractivity contribution in [3.8, 4) is 0 Å². The van der Waals surface area contributed by atoms with Crippen LogP contribution in [0.2, 0.25) is 0 Å². The van der Waals surface area contributed by atoms with E-state index in [9.17, 15) is 0 Å². The topological polar surface area (TPSA) is 26.0 Å². The van der Waals surface area contributed by atoms with Gasteiger partial charge in [-0.2, -0.15) is 11.8 Å². The lowest BCUT2D eigenvalue weighted by molar-refractivity contribution is 0.424. The zero-order valence-electron chi connectivity index (χ0n) is 5.60. The Labute approximate surface area is 60.4 Å². The summed E-state index contributed by atoms with van der Waals surface area (Å²) in [6.07, 6.45) is 4.06. The third-order valence-corrected chi connectivity index (χ3v) is 3.94. The predicted octanol–water partition coefficient (Wildman–Crippen LogP) is 1.23. The Morgan fingerprint density at radius 3 is 2.67 bits per heavy atom. The van der Waals surface area contributed by atoms with Crippen molar-refractivity contribution >= 4 is 11.8 Å². The van der Waals surface area contributed by atoms with Gasteiger partial charge in [0.25, 0.3) is 0 Å². The summed E-state index contributed by atoms with van der Waals surface area (Å²) in [7, 11) is 0. The molecule has 2 N–H and O–H groups in total. The van der Waals surface area contributed by atoms with Crippen LogP contribution in [-0.2, 0) is 0 Å². The highest BCUT2D eigenvalue weighted by Gasteiger charge is 2.48. The molecule has 0 amide bonds. The smallest absolute Gasteiger partial charge is 0.0111 e. The average molecular weight is 143 g/mol. The molecule has 9 heavy (non-hydrogen) atoms. The van der Waals surface area contributed by atoms with Gasteiger partial charge in [0.05, 0.1) is 0 Å². The summed E-state index contributed by atoms with van der Waals surface area (Å²) in [6.45, 7) is 0. The Bertz CT molecular complexity index is 120. The van der Waals surface area contributed by atoms with Crippen molar-refractivity contribution < 1.29 is 0 Å². The van der Waals surface area contributed by atoms with Crippen molar-refractivity contribution in [3.05, 3.63) is 0 Å². The molecule has 0 radical (unpaired) electrons. The molecule has 1 aliphatic carbocycles. The first-order valence-electron chi connectivity index (χ1n) is 3.67. The van der Waals surface area contributed by atoms with Crippen LogP contribution in [0.4, 0.5) is 0 Å². The summed E-state index contributed by atoms with van der Waals surface area (Å²) in [6, 6.07) is 0.541. The Hall–Kier alpha value is 0.310. The standard InChI is InChI=1S/C7H13NS/c8-6-1-4-9-5-7(6)2-3-7/h6H,1-5,8H2. The van der Waals surface area contributed by atoms with Crippen molar-refractivity contribution in [2.45, 2.75) is 25.3 Å². The Kier molecular flexibility index (Phi) is 1.27. The van der Waals surface area contributed by atoms with Gasteiger partial charge in [0.2, 0.25) is 0 Å². The first kappa shape index (κ1) is 6.05. The second-order valence-electron chi connectivity index (χ2n) is 3.31. The second kappa shape index (κ2) is 1.89. The maximum atomic E-state index is 5.96. The molecule has 1 saturated heterocycles. The SMILES string of the molecule is NC1CCSCC12CC2. The summed E-state index contributed by atoms with van der Waals surface area (Å²) in [5.74, 6) is 2.64. The molecular weight excluding hydrogens is 130 g/mol. The first-order chi connectivity index (χ1) is 4.33. The fraction of sp³-hybridized carbons (Fsp3) is 1.00. The van der Waals surface area contributed by atoms with Gasteiger partial charge < -0.3 is 5.73 Å². The molecule has 2 heteroatoms. The van der Waals surface area contributed by atoms with E-state index in [1.807, 2.05) is 0 Å². The molecule has 1 unspecified atom stereocenters. The van der Waals surface area contributed by atoms with E-state index in [1.54, 1.807) is 0 Å². The maximum Gasteiger partial charge on any atom is 0.0111 e. The number of hydrogen-bond acceptors (Lipinski definition) is 2. The molecule has 0 aromatic rings. The lowest BCUT2D eigenvalue weighted by atomic mass is 9.97. The first-order valence-corrected chi connectivity index (χ1v) is 4.82. The van der Waals surface area contributed by atoms with Crippen LogP contribution >= 0.6 is 11.8 Å². The molecule has 1 aliphatic heterocycles. The van der Waals surface area contributed by atoms with Gasteiger partial charge in [-0.05, 0) is 30.4 Å². The van der Waals surface area contributed by atoms with Crippen LogP contribution in [0, 0.1) is 5.41 Å². The van der Waals surface area contributed by atoms with Gasteiger partial charge in [-0.3, -0.25) is 0 Å². The van der Waals surface area contributed by atoms with Crippen LogP contribution in [0.3, 0.4) is 0 Å². The molecule has 0 bridgehead atoms. The third kappa shape index (κ3) is 0.887. The molecule has 1 heterocycles. The van der Waals surface area contributed by atoms with Crippen LogP contribution < -0.4 is 5.73 Å². The largest absolute Gasteiger partial charge is 0.327 e. The molecule has 1 nitrogen and oxygen atoms in total. The van der Waals surface area contributed by atoms with Gasteiger partial charge in [-0.25, -0.2) is 0 Å². The van der Waals surface area contributed by atoms with Crippen LogP contribution in [0.25, 0.3) is 0 Å². The molecule has 1 atom stereocenters. The minimum Gasteiger partial charge on any atom is -0.327 e. The van der Waals surface area contributed by atoms with Crippen LogP contribution in [0.5, 0.6) is 0 Å². The monoisotopic (exact) mass is 143 g/mol. The average Bonchev–Trinajstić information content (AvgIpc) is 2.60. The lowest BCUT2D eigenvalue weighted by Gasteiger charge is -2.27. The van der Waals surface area contributed by atoms with E-state index in [4.69, 9.17) is 5.73 Å². The summed E-state index contributed by atoms with van der Waals surface area (Å²) >= 11 is 2.09. The zero-order valence-corrected chi connectivity index (χ0v) is 6.41.